The summed E-state index contributed by atoms with van der Waals surface area (Å²) >= 11 is 5.66. The normalized spacial score (nSPS) is 22.3. The van der Waals surface area contributed by atoms with Crippen LogP contribution in [0.3, 0.4) is 0 Å². The zero-order chi connectivity index (χ0) is 21.6. The Bertz CT molecular complexity index is 677. The maximum atomic E-state index is 5.66. The number of nitrogens with one attached hydrogen (secondary N) is 2. The number of thiocarbonyl (C=S) groups is 1. The molecule has 0 atom stereocenters. The van der Waals surface area contributed by atoms with Crippen molar-refractivity contribution < 1.29 is 0 Å². The van der Waals surface area contributed by atoms with Gasteiger partial charge in [-0.3, -0.25) is 0 Å². The van der Waals surface area contributed by atoms with Crippen LogP contribution in [0.25, 0.3) is 0 Å². The molecule has 2 N–H and O–H groups in total. The van der Waals surface area contributed by atoms with Gasteiger partial charge in [0.2, 0.25) is 5.95 Å². The highest BCUT2D eigenvalue weighted by atomic mass is 32.1. The maximum Gasteiger partial charge on any atom is 0.232 e. The Morgan fingerprint density at radius 3 is 1.77 bits per heavy atom. The zero-order valence-corrected chi connectivity index (χ0v) is 20.2. The van der Waals surface area contributed by atoms with E-state index in [0.29, 0.717) is 17.1 Å². The first-order valence-electron chi connectivity index (χ1n) is 12.5. The summed E-state index contributed by atoms with van der Waals surface area (Å²) in [6, 6.07) is 2.66. The van der Waals surface area contributed by atoms with Crippen molar-refractivity contribution in [3.63, 3.8) is 0 Å². The molecular formula is C24H40N6S. The lowest BCUT2D eigenvalue weighted by atomic mass is 9.99. The van der Waals surface area contributed by atoms with Crippen molar-refractivity contribution in [2.24, 2.45) is 11.8 Å². The van der Waals surface area contributed by atoms with Gasteiger partial charge in [0.05, 0.1) is 0 Å². The highest BCUT2D eigenvalue weighted by molar-refractivity contribution is 7.80. The lowest BCUT2D eigenvalue weighted by molar-refractivity contribution is 0.433. The van der Waals surface area contributed by atoms with E-state index in [4.69, 9.17) is 22.2 Å². The van der Waals surface area contributed by atoms with E-state index in [0.717, 1.165) is 49.7 Å². The third kappa shape index (κ3) is 6.43. The monoisotopic (exact) mass is 444 g/mol. The van der Waals surface area contributed by atoms with E-state index in [1.165, 1.54) is 64.2 Å². The number of piperidine rings is 2. The van der Waals surface area contributed by atoms with Crippen LogP contribution >= 0.6 is 12.2 Å². The second-order valence-corrected chi connectivity index (χ2v) is 10.4. The van der Waals surface area contributed by atoms with Gasteiger partial charge in [0.25, 0.3) is 0 Å². The molecule has 7 heteroatoms. The van der Waals surface area contributed by atoms with Crippen molar-refractivity contribution in [3.8, 4) is 0 Å². The Morgan fingerprint density at radius 2 is 1.29 bits per heavy atom. The van der Waals surface area contributed by atoms with Crippen molar-refractivity contribution in [3.05, 3.63) is 6.07 Å². The fraction of sp³-hybridized carbons (Fsp3) is 0.792. The fourth-order valence-electron chi connectivity index (χ4n) is 5.02. The topological polar surface area (TPSA) is 56.3 Å². The van der Waals surface area contributed by atoms with Crippen LogP contribution in [0.2, 0.25) is 0 Å². The Hall–Kier alpha value is -1.63. The van der Waals surface area contributed by atoms with Gasteiger partial charge in [-0.1, -0.05) is 39.5 Å². The van der Waals surface area contributed by atoms with Gasteiger partial charge in [-0.25, -0.2) is 0 Å². The van der Waals surface area contributed by atoms with Gasteiger partial charge in [0.15, 0.2) is 5.11 Å². The Balaban J connectivity index is 1.48. The molecule has 0 aromatic carbocycles. The summed E-state index contributed by atoms with van der Waals surface area (Å²) in [5.74, 6) is 4.31. The first-order chi connectivity index (χ1) is 15.1. The molecule has 1 aromatic rings. The molecule has 0 spiro atoms. The summed E-state index contributed by atoms with van der Waals surface area (Å²) in [6.45, 7) is 8.97. The lowest BCUT2D eigenvalue weighted by Crippen LogP contribution is -2.39. The van der Waals surface area contributed by atoms with Crippen molar-refractivity contribution >= 4 is 34.9 Å². The van der Waals surface area contributed by atoms with E-state index in [2.05, 4.69) is 40.3 Å². The van der Waals surface area contributed by atoms with E-state index >= 15 is 0 Å². The predicted molar refractivity (Wildman–Crippen MR) is 134 cm³/mol. The van der Waals surface area contributed by atoms with Crippen LogP contribution in [0, 0.1) is 11.8 Å². The summed E-state index contributed by atoms with van der Waals surface area (Å²) in [5, 5.41) is 7.52. The smallest absolute Gasteiger partial charge is 0.232 e. The first kappa shape index (κ1) is 22.6. The molecule has 2 saturated heterocycles. The minimum absolute atomic E-state index is 0.470. The molecule has 3 fully saturated rings. The van der Waals surface area contributed by atoms with E-state index in [1.54, 1.807) is 0 Å². The molecule has 6 nitrogen and oxygen atoms in total. The molecule has 3 heterocycles. The number of anilines is 3. The van der Waals surface area contributed by atoms with E-state index in [-0.39, 0.29) is 0 Å². The van der Waals surface area contributed by atoms with Crippen LogP contribution in [-0.4, -0.2) is 47.3 Å². The summed E-state index contributed by atoms with van der Waals surface area (Å²) in [6.07, 6.45) is 12.6. The number of hydrogen-bond acceptors (Lipinski definition) is 5. The van der Waals surface area contributed by atoms with Gasteiger partial charge in [0, 0.05) is 38.3 Å². The first-order valence-corrected chi connectivity index (χ1v) is 12.9. The van der Waals surface area contributed by atoms with Crippen LogP contribution in [0.5, 0.6) is 0 Å². The zero-order valence-electron chi connectivity index (χ0n) is 19.4. The average Bonchev–Trinajstić information content (AvgIpc) is 3.03. The number of rotatable bonds is 4. The van der Waals surface area contributed by atoms with Gasteiger partial charge in [-0.2, -0.15) is 9.97 Å². The number of aromatic nitrogens is 2. The standard InChI is InChI=1S/C24H40N6S/c1-18-9-13-29(14-10-18)21-17-22(30-15-11-19(2)12-16-30)27-23(26-21)28-24(31)25-20-7-5-3-4-6-8-20/h17-20H,3-16H2,1-2H3,(H2,25,26,27,28,31). The molecule has 31 heavy (non-hydrogen) atoms. The third-order valence-corrected chi connectivity index (χ3v) is 7.55. The highest BCUT2D eigenvalue weighted by Gasteiger charge is 2.23. The van der Waals surface area contributed by atoms with Crippen LogP contribution in [0.15, 0.2) is 6.07 Å². The fourth-order valence-corrected chi connectivity index (χ4v) is 5.28. The van der Waals surface area contributed by atoms with Crippen LogP contribution in [-0.2, 0) is 0 Å². The van der Waals surface area contributed by atoms with Crippen LogP contribution in [0.4, 0.5) is 17.6 Å². The summed E-state index contributed by atoms with van der Waals surface area (Å²) in [5.41, 5.74) is 0. The van der Waals surface area contributed by atoms with Gasteiger partial charge < -0.3 is 20.4 Å². The van der Waals surface area contributed by atoms with Crippen molar-refractivity contribution in [1.29, 1.82) is 0 Å². The second kappa shape index (κ2) is 10.8. The molecule has 1 aromatic heterocycles. The molecule has 1 aliphatic carbocycles. The SMILES string of the molecule is CC1CCN(c2cc(N3CCC(C)CC3)nc(NC(=S)NC3CCCCCC3)n2)CC1. The molecule has 4 rings (SSSR count). The maximum absolute atomic E-state index is 5.66. The second-order valence-electron chi connectivity index (χ2n) is 10.0. The van der Waals surface area contributed by atoms with Crippen LogP contribution in [0.1, 0.15) is 78.1 Å². The molecule has 0 amide bonds. The Morgan fingerprint density at radius 1 is 0.806 bits per heavy atom. The van der Waals surface area contributed by atoms with Crippen molar-refractivity contribution in [1.82, 2.24) is 15.3 Å². The van der Waals surface area contributed by atoms with Crippen molar-refractivity contribution in [2.75, 3.05) is 41.3 Å². The lowest BCUT2D eigenvalue weighted by Gasteiger charge is -2.34. The van der Waals surface area contributed by atoms with Crippen LogP contribution < -0.4 is 20.4 Å². The van der Waals surface area contributed by atoms with Crippen molar-refractivity contribution in [2.45, 2.75) is 84.1 Å². The van der Waals surface area contributed by atoms with E-state index in [1.807, 2.05) is 0 Å². The average molecular weight is 445 g/mol. The van der Waals surface area contributed by atoms with E-state index in [9.17, 15) is 0 Å². The van der Waals surface area contributed by atoms with Gasteiger partial charge in [-0.15, -0.1) is 0 Å². The molecule has 0 radical (unpaired) electrons. The minimum atomic E-state index is 0.470. The highest BCUT2D eigenvalue weighted by Crippen LogP contribution is 2.28. The number of hydrogen-bond donors (Lipinski definition) is 2. The summed E-state index contributed by atoms with van der Waals surface area (Å²) in [7, 11) is 0. The number of nitrogens with zero attached hydrogens (tertiary/aromatic N) is 4. The Labute approximate surface area is 193 Å². The van der Waals surface area contributed by atoms with E-state index < -0.39 is 0 Å². The molecule has 0 unspecified atom stereocenters. The van der Waals surface area contributed by atoms with Gasteiger partial charge >= 0.3 is 0 Å². The quantitative estimate of drug-likeness (QED) is 0.503. The summed E-state index contributed by atoms with van der Waals surface area (Å²) < 4.78 is 0. The molecule has 3 aliphatic rings. The Kier molecular flexibility index (Phi) is 7.86. The molecule has 0 bridgehead atoms. The predicted octanol–water partition coefficient (Wildman–Crippen LogP) is 4.96. The molecule has 172 valence electrons. The molecular weight excluding hydrogens is 404 g/mol. The largest absolute Gasteiger partial charge is 0.360 e. The molecule has 1 saturated carbocycles. The summed E-state index contributed by atoms with van der Waals surface area (Å²) in [4.78, 5) is 14.6. The third-order valence-electron chi connectivity index (χ3n) is 7.33. The minimum Gasteiger partial charge on any atom is -0.360 e. The van der Waals surface area contributed by atoms with Gasteiger partial charge in [0.1, 0.15) is 11.6 Å². The molecule has 2 aliphatic heterocycles. The van der Waals surface area contributed by atoms with Gasteiger partial charge in [-0.05, 0) is 62.6 Å².